The van der Waals surface area contributed by atoms with Crippen LogP contribution in [0.2, 0.25) is 0 Å². The molecule has 0 atom stereocenters. The summed E-state index contributed by atoms with van der Waals surface area (Å²) < 4.78 is 6.75. The Bertz CT molecular complexity index is 835. The van der Waals surface area contributed by atoms with Crippen molar-refractivity contribution in [2.75, 3.05) is 0 Å². The summed E-state index contributed by atoms with van der Waals surface area (Å²) in [6.07, 6.45) is 1.47. The summed E-state index contributed by atoms with van der Waals surface area (Å²) in [6.45, 7) is 0. The molecule has 2 aromatic carbocycles. The number of benzene rings is 2. The van der Waals surface area contributed by atoms with Crippen LogP contribution in [0, 0.1) is 11.3 Å². The second-order valence-electron chi connectivity index (χ2n) is 4.33. The SMILES string of the molecule is N#Cc1cccc(C(=O)Oc2ccc(-n3cnnn3)cc2)c1. The smallest absolute Gasteiger partial charge is 0.343 e. The zero-order chi connectivity index (χ0) is 15.4. The first-order chi connectivity index (χ1) is 10.8. The summed E-state index contributed by atoms with van der Waals surface area (Å²) in [6, 6.07) is 15.1. The minimum absolute atomic E-state index is 0.323. The van der Waals surface area contributed by atoms with Gasteiger partial charge >= 0.3 is 5.97 Å². The molecule has 3 rings (SSSR count). The number of esters is 1. The van der Waals surface area contributed by atoms with Crippen molar-refractivity contribution in [3.05, 3.63) is 66.0 Å². The second-order valence-corrected chi connectivity index (χ2v) is 4.33. The van der Waals surface area contributed by atoms with Crippen LogP contribution in [-0.4, -0.2) is 26.2 Å². The van der Waals surface area contributed by atoms with Crippen LogP contribution in [-0.2, 0) is 0 Å². The molecular weight excluding hydrogens is 282 g/mol. The van der Waals surface area contributed by atoms with E-state index in [4.69, 9.17) is 10.00 Å². The maximum absolute atomic E-state index is 12.0. The summed E-state index contributed by atoms with van der Waals surface area (Å²) >= 11 is 0. The standard InChI is InChI=1S/C15H9N5O2/c16-9-11-2-1-3-12(8-11)15(21)22-14-6-4-13(5-7-14)20-10-17-18-19-20/h1-8,10H. The van der Waals surface area contributed by atoms with E-state index in [-0.39, 0.29) is 0 Å². The average molecular weight is 291 g/mol. The fourth-order valence-electron chi connectivity index (χ4n) is 1.83. The molecule has 0 radical (unpaired) electrons. The van der Waals surface area contributed by atoms with Gasteiger partial charge in [-0.25, -0.2) is 9.48 Å². The molecule has 1 aromatic heterocycles. The lowest BCUT2D eigenvalue weighted by atomic mass is 10.1. The Balaban J connectivity index is 1.75. The number of ether oxygens (including phenoxy) is 1. The fourth-order valence-corrected chi connectivity index (χ4v) is 1.83. The molecule has 0 aliphatic heterocycles. The average Bonchev–Trinajstić information content (AvgIpc) is 3.10. The van der Waals surface area contributed by atoms with E-state index in [9.17, 15) is 4.79 Å². The number of aromatic nitrogens is 4. The Labute approximate surface area is 125 Å². The van der Waals surface area contributed by atoms with E-state index in [0.717, 1.165) is 5.69 Å². The topological polar surface area (TPSA) is 93.7 Å². The number of nitrogens with zero attached hydrogens (tertiary/aromatic N) is 5. The van der Waals surface area contributed by atoms with E-state index < -0.39 is 5.97 Å². The first-order valence-electron chi connectivity index (χ1n) is 6.32. The first kappa shape index (κ1) is 13.5. The molecule has 0 spiro atoms. The Morgan fingerprint density at radius 3 is 2.68 bits per heavy atom. The lowest BCUT2D eigenvalue weighted by molar-refractivity contribution is 0.0734. The first-order valence-corrected chi connectivity index (χ1v) is 6.32. The Morgan fingerprint density at radius 1 is 1.18 bits per heavy atom. The molecule has 0 saturated carbocycles. The minimum Gasteiger partial charge on any atom is -0.423 e. The highest BCUT2D eigenvalue weighted by Gasteiger charge is 2.09. The highest BCUT2D eigenvalue weighted by Crippen LogP contribution is 2.16. The Hall–Kier alpha value is -3.53. The van der Waals surface area contributed by atoms with Gasteiger partial charge in [-0.05, 0) is 52.9 Å². The van der Waals surface area contributed by atoms with E-state index in [2.05, 4.69) is 15.5 Å². The van der Waals surface area contributed by atoms with Crippen molar-refractivity contribution in [3.8, 4) is 17.5 Å². The number of carbonyl (C=O) groups excluding carboxylic acids is 1. The van der Waals surface area contributed by atoms with Crippen molar-refractivity contribution in [1.82, 2.24) is 20.2 Å². The normalized spacial score (nSPS) is 9.95. The van der Waals surface area contributed by atoms with Gasteiger partial charge in [0.05, 0.1) is 22.9 Å². The van der Waals surface area contributed by atoms with Crippen LogP contribution in [0.15, 0.2) is 54.9 Å². The molecule has 7 heteroatoms. The summed E-state index contributed by atoms with van der Waals surface area (Å²) in [5.74, 6) is -0.128. The molecule has 0 N–H and O–H groups in total. The van der Waals surface area contributed by atoms with Gasteiger partial charge in [-0.2, -0.15) is 5.26 Å². The number of hydrogen-bond donors (Lipinski definition) is 0. The molecular formula is C15H9N5O2. The number of rotatable bonds is 3. The number of carbonyl (C=O) groups is 1. The number of hydrogen-bond acceptors (Lipinski definition) is 6. The van der Waals surface area contributed by atoms with Crippen LogP contribution in [0.25, 0.3) is 5.69 Å². The molecule has 0 aliphatic rings. The van der Waals surface area contributed by atoms with Gasteiger partial charge in [0.1, 0.15) is 12.1 Å². The van der Waals surface area contributed by atoms with Crippen molar-refractivity contribution in [3.63, 3.8) is 0 Å². The van der Waals surface area contributed by atoms with Gasteiger partial charge in [-0.3, -0.25) is 0 Å². The van der Waals surface area contributed by atoms with E-state index in [0.29, 0.717) is 16.9 Å². The summed E-state index contributed by atoms with van der Waals surface area (Å²) in [4.78, 5) is 12.0. The van der Waals surface area contributed by atoms with E-state index in [1.54, 1.807) is 42.5 Å². The van der Waals surface area contributed by atoms with Gasteiger partial charge in [-0.1, -0.05) is 6.07 Å². The molecule has 106 valence electrons. The third-order valence-corrected chi connectivity index (χ3v) is 2.89. The van der Waals surface area contributed by atoms with Gasteiger partial charge in [0.25, 0.3) is 0 Å². The second kappa shape index (κ2) is 5.85. The van der Waals surface area contributed by atoms with Crippen molar-refractivity contribution >= 4 is 5.97 Å². The molecule has 0 fully saturated rings. The fraction of sp³-hybridized carbons (Fsp3) is 0. The van der Waals surface area contributed by atoms with Crippen molar-refractivity contribution in [1.29, 1.82) is 5.26 Å². The predicted octanol–water partition coefficient (Wildman–Crippen LogP) is 1.75. The van der Waals surface area contributed by atoms with E-state index in [1.807, 2.05) is 6.07 Å². The zero-order valence-corrected chi connectivity index (χ0v) is 11.2. The highest BCUT2D eigenvalue weighted by atomic mass is 16.5. The van der Waals surface area contributed by atoms with Crippen LogP contribution in [0.1, 0.15) is 15.9 Å². The quantitative estimate of drug-likeness (QED) is 0.539. The lowest BCUT2D eigenvalue weighted by Gasteiger charge is -2.05. The number of nitriles is 1. The van der Waals surface area contributed by atoms with Gasteiger partial charge in [0, 0.05) is 0 Å². The Morgan fingerprint density at radius 2 is 2.00 bits per heavy atom. The Kier molecular flexibility index (Phi) is 3.58. The van der Waals surface area contributed by atoms with Crippen LogP contribution < -0.4 is 4.74 Å². The van der Waals surface area contributed by atoms with Gasteiger partial charge in [0.15, 0.2) is 0 Å². The third kappa shape index (κ3) is 2.81. The van der Waals surface area contributed by atoms with Crippen LogP contribution in [0.4, 0.5) is 0 Å². The van der Waals surface area contributed by atoms with E-state index >= 15 is 0 Å². The number of tetrazole rings is 1. The summed E-state index contributed by atoms with van der Waals surface area (Å²) in [5.41, 5.74) is 1.48. The summed E-state index contributed by atoms with van der Waals surface area (Å²) in [7, 11) is 0. The summed E-state index contributed by atoms with van der Waals surface area (Å²) in [5, 5.41) is 19.7. The maximum Gasteiger partial charge on any atom is 0.343 e. The van der Waals surface area contributed by atoms with Crippen LogP contribution in [0.3, 0.4) is 0 Å². The zero-order valence-electron chi connectivity index (χ0n) is 11.2. The predicted molar refractivity (Wildman–Crippen MR) is 75.3 cm³/mol. The maximum atomic E-state index is 12.0. The van der Waals surface area contributed by atoms with Gasteiger partial charge in [-0.15, -0.1) is 5.10 Å². The monoisotopic (exact) mass is 291 g/mol. The van der Waals surface area contributed by atoms with Crippen LogP contribution in [0.5, 0.6) is 5.75 Å². The van der Waals surface area contributed by atoms with Crippen LogP contribution >= 0.6 is 0 Å². The molecule has 0 saturated heterocycles. The molecule has 0 unspecified atom stereocenters. The van der Waals surface area contributed by atoms with Crippen molar-refractivity contribution in [2.24, 2.45) is 0 Å². The molecule has 22 heavy (non-hydrogen) atoms. The minimum atomic E-state index is -0.521. The van der Waals surface area contributed by atoms with E-state index in [1.165, 1.54) is 17.1 Å². The molecule has 0 bridgehead atoms. The van der Waals surface area contributed by atoms with Crippen molar-refractivity contribution < 1.29 is 9.53 Å². The third-order valence-electron chi connectivity index (χ3n) is 2.89. The lowest BCUT2D eigenvalue weighted by Crippen LogP contribution is -2.08. The van der Waals surface area contributed by atoms with Gasteiger partial charge < -0.3 is 4.74 Å². The highest BCUT2D eigenvalue weighted by molar-refractivity contribution is 5.91. The molecule has 1 heterocycles. The largest absolute Gasteiger partial charge is 0.423 e. The van der Waals surface area contributed by atoms with Gasteiger partial charge in [0.2, 0.25) is 0 Å². The van der Waals surface area contributed by atoms with Crippen molar-refractivity contribution in [2.45, 2.75) is 0 Å². The molecule has 7 nitrogen and oxygen atoms in total. The molecule has 0 aliphatic carbocycles. The molecule has 0 amide bonds. The molecule has 3 aromatic rings.